The Morgan fingerprint density at radius 2 is 2.10 bits per heavy atom. The standard InChI is InChI=1S/C13H12Cl2N2O2.C2H6/c1-2-19-13(18)8-6-16-17-10(15)5-9(14)12(17)11(8)7-3-4-7;1-2/h5-7H,2-4H2,1H3;1-2H3. The largest absolute Gasteiger partial charge is 0.462 e. The highest BCUT2D eigenvalue weighted by atomic mass is 35.5. The molecule has 0 aromatic carbocycles. The molecule has 114 valence electrons. The van der Waals surface area contributed by atoms with E-state index in [1.54, 1.807) is 17.5 Å². The molecule has 1 aliphatic rings. The fourth-order valence-electron chi connectivity index (χ4n) is 2.27. The first kappa shape index (κ1) is 16.1. The number of esters is 1. The van der Waals surface area contributed by atoms with Crippen molar-refractivity contribution in [2.75, 3.05) is 6.61 Å². The van der Waals surface area contributed by atoms with Gasteiger partial charge in [-0.25, -0.2) is 9.31 Å². The van der Waals surface area contributed by atoms with E-state index in [0.29, 0.717) is 28.3 Å². The minimum Gasteiger partial charge on any atom is -0.462 e. The van der Waals surface area contributed by atoms with Crippen LogP contribution in [0.15, 0.2) is 12.3 Å². The normalized spacial score (nSPS) is 13.8. The van der Waals surface area contributed by atoms with Crippen LogP contribution >= 0.6 is 23.2 Å². The maximum absolute atomic E-state index is 12.0. The molecule has 1 saturated carbocycles. The number of halogens is 2. The van der Waals surface area contributed by atoms with Crippen LogP contribution in [0.2, 0.25) is 10.2 Å². The highest BCUT2D eigenvalue weighted by Crippen LogP contribution is 2.45. The van der Waals surface area contributed by atoms with E-state index < -0.39 is 0 Å². The van der Waals surface area contributed by atoms with Crippen molar-refractivity contribution in [3.63, 3.8) is 0 Å². The lowest BCUT2D eigenvalue weighted by molar-refractivity contribution is 0.0524. The molecule has 0 aliphatic heterocycles. The van der Waals surface area contributed by atoms with Gasteiger partial charge in [0.05, 0.1) is 28.9 Å². The first-order valence-corrected chi connectivity index (χ1v) is 7.91. The maximum atomic E-state index is 12.0. The topological polar surface area (TPSA) is 43.6 Å². The number of fused-ring (bicyclic) bond motifs is 1. The fraction of sp³-hybridized carbons (Fsp3) is 0.467. The van der Waals surface area contributed by atoms with Gasteiger partial charge in [0, 0.05) is 0 Å². The van der Waals surface area contributed by atoms with Gasteiger partial charge >= 0.3 is 5.97 Å². The van der Waals surface area contributed by atoms with E-state index in [1.165, 1.54) is 6.20 Å². The molecule has 0 spiro atoms. The molecule has 3 rings (SSSR count). The third kappa shape index (κ3) is 3.01. The van der Waals surface area contributed by atoms with E-state index >= 15 is 0 Å². The molecule has 0 N–H and O–H groups in total. The zero-order valence-corrected chi connectivity index (χ0v) is 13.8. The smallest absolute Gasteiger partial charge is 0.340 e. The molecule has 2 aromatic heterocycles. The monoisotopic (exact) mass is 328 g/mol. The number of ether oxygens (including phenoxy) is 1. The summed E-state index contributed by atoms with van der Waals surface area (Å²) in [6.45, 7) is 6.12. The molecule has 0 amide bonds. The Labute approximate surface area is 134 Å². The van der Waals surface area contributed by atoms with Crippen molar-refractivity contribution in [2.24, 2.45) is 0 Å². The van der Waals surface area contributed by atoms with E-state index in [4.69, 9.17) is 27.9 Å². The minimum absolute atomic E-state index is 0.337. The van der Waals surface area contributed by atoms with Crippen molar-refractivity contribution in [1.82, 2.24) is 9.61 Å². The predicted molar refractivity (Wildman–Crippen MR) is 84.5 cm³/mol. The van der Waals surface area contributed by atoms with Crippen LogP contribution in [0.1, 0.15) is 55.5 Å². The van der Waals surface area contributed by atoms with Gasteiger partial charge in [0.1, 0.15) is 5.15 Å². The summed E-state index contributed by atoms with van der Waals surface area (Å²) in [5.74, 6) is -0.0128. The van der Waals surface area contributed by atoms with Gasteiger partial charge in [-0.3, -0.25) is 0 Å². The Balaban J connectivity index is 0.000000774. The highest BCUT2D eigenvalue weighted by molar-refractivity contribution is 6.37. The average Bonchev–Trinajstić information content (AvgIpc) is 3.28. The van der Waals surface area contributed by atoms with E-state index in [0.717, 1.165) is 23.9 Å². The molecule has 0 saturated heterocycles. The number of nitrogens with zero attached hydrogens (tertiary/aromatic N) is 2. The second kappa shape index (κ2) is 6.67. The molecular formula is C15H18Cl2N2O2. The van der Waals surface area contributed by atoms with Crippen LogP contribution in [-0.2, 0) is 4.74 Å². The average molecular weight is 329 g/mol. The maximum Gasteiger partial charge on any atom is 0.340 e. The third-order valence-corrected chi connectivity index (χ3v) is 3.77. The molecule has 6 heteroatoms. The van der Waals surface area contributed by atoms with Crippen molar-refractivity contribution >= 4 is 34.7 Å². The fourth-order valence-corrected chi connectivity index (χ4v) is 2.85. The predicted octanol–water partition coefficient (Wildman–Crippen LogP) is 4.72. The summed E-state index contributed by atoms with van der Waals surface area (Å²) >= 11 is 12.3. The SMILES string of the molecule is CC.CCOC(=O)c1cnn2c(Cl)cc(Cl)c2c1C1CC1. The zero-order valence-electron chi connectivity index (χ0n) is 12.3. The first-order chi connectivity index (χ1) is 10.1. The van der Waals surface area contributed by atoms with Crippen LogP contribution in [0.3, 0.4) is 0 Å². The Bertz CT molecular complexity index is 663. The van der Waals surface area contributed by atoms with E-state index in [-0.39, 0.29) is 5.97 Å². The number of aromatic nitrogens is 2. The summed E-state index contributed by atoms with van der Waals surface area (Å²) in [7, 11) is 0. The van der Waals surface area contributed by atoms with Crippen molar-refractivity contribution in [3.05, 3.63) is 33.6 Å². The molecule has 2 aromatic rings. The highest BCUT2D eigenvalue weighted by Gasteiger charge is 2.32. The lowest BCUT2D eigenvalue weighted by atomic mass is 10.1. The van der Waals surface area contributed by atoms with Gasteiger partial charge in [-0.2, -0.15) is 5.10 Å². The van der Waals surface area contributed by atoms with Gasteiger partial charge in [-0.1, -0.05) is 37.0 Å². The molecule has 1 aliphatic carbocycles. The molecule has 0 unspecified atom stereocenters. The summed E-state index contributed by atoms with van der Waals surface area (Å²) in [5, 5.41) is 5.14. The molecule has 4 nitrogen and oxygen atoms in total. The van der Waals surface area contributed by atoms with Crippen molar-refractivity contribution in [1.29, 1.82) is 0 Å². The van der Waals surface area contributed by atoms with Gasteiger partial charge in [0.15, 0.2) is 0 Å². The number of rotatable bonds is 3. The van der Waals surface area contributed by atoms with Gasteiger partial charge in [-0.05, 0) is 37.3 Å². The first-order valence-electron chi connectivity index (χ1n) is 7.16. The van der Waals surface area contributed by atoms with Gasteiger partial charge in [0.25, 0.3) is 0 Å². The van der Waals surface area contributed by atoms with Gasteiger partial charge < -0.3 is 4.74 Å². The molecule has 0 bridgehead atoms. The second-order valence-electron chi connectivity index (χ2n) is 4.54. The van der Waals surface area contributed by atoms with E-state index in [9.17, 15) is 4.79 Å². The van der Waals surface area contributed by atoms with E-state index in [1.807, 2.05) is 13.8 Å². The van der Waals surface area contributed by atoms with Crippen LogP contribution in [0.5, 0.6) is 0 Å². The van der Waals surface area contributed by atoms with Crippen molar-refractivity contribution < 1.29 is 9.53 Å². The second-order valence-corrected chi connectivity index (χ2v) is 5.34. The number of hydrogen-bond donors (Lipinski definition) is 0. The molecule has 0 atom stereocenters. The molecule has 1 fully saturated rings. The quantitative estimate of drug-likeness (QED) is 0.765. The minimum atomic E-state index is -0.354. The van der Waals surface area contributed by atoms with Gasteiger partial charge in [0.2, 0.25) is 0 Å². The van der Waals surface area contributed by atoms with Gasteiger partial charge in [-0.15, -0.1) is 0 Å². The summed E-state index contributed by atoms with van der Waals surface area (Å²) in [6, 6.07) is 1.65. The molecule has 21 heavy (non-hydrogen) atoms. The zero-order chi connectivity index (χ0) is 15.6. The lowest BCUT2D eigenvalue weighted by Gasteiger charge is -2.10. The van der Waals surface area contributed by atoms with Crippen molar-refractivity contribution in [3.8, 4) is 0 Å². The van der Waals surface area contributed by atoms with Crippen LogP contribution in [0.25, 0.3) is 5.52 Å². The number of carbonyl (C=O) groups excluding carboxylic acids is 1. The number of carbonyl (C=O) groups is 1. The van der Waals surface area contributed by atoms with Crippen LogP contribution in [-0.4, -0.2) is 22.2 Å². The summed E-state index contributed by atoms with van der Waals surface area (Å²) < 4.78 is 6.65. The van der Waals surface area contributed by atoms with Crippen LogP contribution in [0.4, 0.5) is 0 Å². The summed E-state index contributed by atoms with van der Waals surface area (Å²) in [4.78, 5) is 12.0. The molecule has 0 radical (unpaired) electrons. The Kier molecular flexibility index (Phi) is 5.12. The third-order valence-electron chi connectivity index (χ3n) is 3.21. The van der Waals surface area contributed by atoms with Crippen molar-refractivity contribution in [2.45, 2.75) is 39.5 Å². The Hall–Kier alpha value is -1.26. The molecular weight excluding hydrogens is 311 g/mol. The van der Waals surface area contributed by atoms with E-state index in [2.05, 4.69) is 5.10 Å². The van der Waals surface area contributed by atoms with Crippen LogP contribution in [0, 0.1) is 0 Å². The van der Waals surface area contributed by atoms with Crippen LogP contribution < -0.4 is 0 Å². The Morgan fingerprint density at radius 1 is 1.43 bits per heavy atom. The summed E-state index contributed by atoms with van der Waals surface area (Å²) in [5.41, 5.74) is 2.12. The Morgan fingerprint density at radius 3 is 2.67 bits per heavy atom. The number of hydrogen-bond acceptors (Lipinski definition) is 3. The molecule has 2 heterocycles. The summed E-state index contributed by atoms with van der Waals surface area (Å²) in [6.07, 6.45) is 3.61. The lowest BCUT2D eigenvalue weighted by Crippen LogP contribution is -2.11.